The highest BCUT2D eigenvalue weighted by Crippen LogP contribution is 2.32. The zero-order valence-electron chi connectivity index (χ0n) is 12.8. The average molecular weight is 456 g/mol. The molecule has 26 heavy (non-hydrogen) atoms. The molecule has 0 radical (unpaired) electrons. The summed E-state index contributed by atoms with van der Waals surface area (Å²) < 4.78 is 5.64. The number of benzene rings is 2. The molecular weight excluding hydrogens is 447 g/mol. The van der Waals surface area contributed by atoms with E-state index in [1.165, 1.54) is 18.3 Å². The maximum atomic E-state index is 11.3. The van der Waals surface area contributed by atoms with Gasteiger partial charge in [0.2, 0.25) is 5.89 Å². The summed E-state index contributed by atoms with van der Waals surface area (Å²) in [4.78, 5) is 19.6. The number of aliphatic imine (C=N–C) groups is 1. The molecule has 132 valence electrons. The van der Waals surface area contributed by atoms with Crippen molar-refractivity contribution in [2.75, 3.05) is 0 Å². The van der Waals surface area contributed by atoms with Crippen LogP contribution >= 0.6 is 39.1 Å². The van der Waals surface area contributed by atoms with E-state index < -0.39 is 11.9 Å². The third-order valence-electron chi connectivity index (χ3n) is 3.32. The van der Waals surface area contributed by atoms with Gasteiger partial charge in [-0.2, -0.15) is 0 Å². The molecule has 0 atom stereocenters. The lowest BCUT2D eigenvalue weighted by molar-refractivity contribution is 0.0697. The third-order valence-corrected chi connectivity index (χ3v) is 4.77. The van der Waals surface area contributed by atoms with Gasteiger partial charge in [0.25, 0.3) is 0 Å². The van der Waals surface area contributed by atoms with E-state index in [0.29, 0.717) is 20.1 Å². The van der Waals surface area contributed by atoms with Crippen LogP contribution < -0.4 is 0 Å². The summed E-state index contributed by atoms with van der Waals surface area (Å²) in [5, 5.41) is 20.0. The van der Waals surface area contributed by atoms with Gasteiger partial charge in [-0.05, 0) is 52.3 Å². The molecular formula is C17H9BrCl2N2O4. The van der Waals surface area contributed by atoms with E-state index in [4.69, 9.17) is 27.6 Å². The minimum Gasteiger partial charge on any atom is -0.479 e. The molecule has 0 bridgehead atoms. The van der Waals surface area contributed by atoms with Gasteiger partial charge in [-0.25, -0.2) is 9.78 Å². The number of rotatable bonds is 4. The van der Waals surface area contributed by atoms with E-state index in [1.807, 2.05) is 0 Å². The topological polar surface area (TPSA) is 95.9 Å². The summed E-state index contributed by atoms with van der Waals surface area (Å²) in [7, 11) is 0. The molecule has 2 aromatic carbocycles. The fourth-order valence-electron chi connectivity index (χ4n) is 2.07. The Hall–Kier alpha value is -2.35. The van der Waals surface area contributed by atoms with E-state index in [1.54, 1.807) is 24.3 Å². The van der Waals surface area contributed by atoms with Crippen molar-refractivity contribution in [2.45, 2.75) is 0 Å². The first-order valence-electron chi connectivity index (χ1n) is 7.07. The minimum atomic E-state index is -1.17. The van der Waals surface area contributed by atoms with Crippen LogP contribution in [0.1, 0.15) is 16.1 Å². The summed E-state index contributed by atoms with van der Waals surface area (Å²) in [5.74, 6) is -1.44. The maximum absolute atomic E-state index is 11.3. The number of aromatic nitrogens is 1. The Morgan fingerprint density at radius 1 is 1.23 bits per heavy atom. The van der Waals surface area contributed by atoms with Gasteiger partial charge in [-0.15, -0.1) is 0 Å². The van der Waals surface area contributed by atoms with Crippen molar-refractivity contribution < 1.29 is 19.4 Å². The van der Waals surface area contributed by atoms with E-state index >= 15 is 0 Å². The van der Waals surface area contributed by atoms with Crippen molar-refractivity contribution in [1.82, 2.24) is 4.98 Å². The van der Waals surface area contributed by atoms with Gasteiger partial charge in [0.05, 0.1) is 22.5 Å². The third kappa shape index (κ3) is 3.90. The highest BCUT2D eigenvalue weighted by atomic mass is 79.9. The lowest BCUT2D eigenvalue weighted by atomic mass is 10.2. The number of halogens is 3. The average Bonchev–Trinajstić information content (AvgIpc) is 2.97. The predicted molar refractivity (Wildman–Crippen MR) is 102 cm³/mol. The van der Waals surface area contributed by atoms with Crippen molar-refractivity contribution in [1.29, 1.82) is 0 Å². The van der Waals surface area contributed by atoms with Crippen LogP contribution in [-0.2, 0) is 0 Å². The van der Waals surface area contributed by atoms with Gasteiger partial charge < -0.3 is 14.6 Å². The minimum absolute atomic E-state index is 0.0466. The summed E-state index contributed by atoms with van der Waals surface area (Å²) in [6, 6.07) is 9.43. The van der Waals surface area contributed by atoms with Crippen LogP contribution in [0, 0.1) is 0 Å². The molecule has 2 N–H and O–H groups in total. The molecule has 3 aromatic rings. The number of hydrogen-bond donors (Lipinski definition) is 2. The summed E-state index contributed by atoms with van der Waals surface area (Å²) in [6.07, 6.45) is 1.20. The van der Waals surface area contributed by atoms with Crippen LogP contribution in [0.2, 0.25) is 10.0 Å². The Morgan fingerprint density at radius 3 is 2.58 bits per heavy atom. The number of aromatic hydroxyl groups is 1. The molecule has 9 heteroatoms. The zero-order chi connectivity index (χ0) is 18.8. The van der Waals surface area contributed by atoms with E-state index in [9.17, 15) is 15.0 Å². The highest BCUT2D eigenvalue weighted by molar-refractivity contribution is 9.10. The fourth-order valence-corrected chi connectivity index (χ4v) is 2.70. The van der Waals surface area contributed by atoms with Gasteiger partial charge in [-0.3, -0.25) is 4.99 Å². The Balaban J connectivity index is 1.96. The monoisotopic (exact) mass is 454 g/mol. The van der Waals surface area contributed by atoms with Crippen molar-refractivity contribution in [3.05, 3.63) is 62.2 Å². The number of nitrogens with zero attached hydrogens (tertiary/aromatic N) is 2. The van der Waals surface area contributed by atoms with Crippen LogP contribution in [0.3, 0.4) is 0 Å². The molecule has 1 aromatic heterocycles. The number of carbonyl (C=O) groups is 1. The first-order valence-corrected chi connectivity index (χ1v) is 8.62. The van der Waals surface area contributed by atoms with Gasteiger partial charge in [0, 0.05) is 15.1 Å². The standard InChI is InChI=1S/C17H9BrCl2N2O4/c18-11-5-10(16(23)24)13(6-12(11)20)21-7-14-17(25)26-15(22-14)8-1-3-9(19)4-2-8/h1-7,25H,(H,23,24). The molecule has 0 aliphatic heterocycles. The van der Waals surface area contributed by atoms with Crippen LogP contribution in [-0.4, -0.2) is 27.4 Å². The Morgan fingerprint density at radius 2 is 1.92 bits per heavy atom. The predicted octanol–water partition coefficient (Wildman–Crippen LogP) is 5.57. The fraction of sp³-hybridized carbons (Fsp3) is 0. The van der Waals surface area contributed by atoms with Crippen LogP contribution in [0.25, 0.3) is 11.5 Å². The molecule has 6 nitrogen and oxygen atoms in total. The SMILES string of the molecule is O=C(O)c1cc(Br)c(Cl)cc1N=Cc1nc(-c2ccc(Cl)cc2)oc1O. The number of hydrogen-bond acceptors (Lipinski definition) is 5. The molecule has 0 aliphatic carbocycles. The number of carboxylic acid groups (broad SMARTS) is 1. The molecule has 0 aliphatic rings. The highest BCUT2D eigenvalue weighted by Gasteiger charge is 2.15. The Kier molecular flexibility index (Phi) is 5.31. The largest absolute Gasteiger partial charge is 0.479 e. The maximum Gasteiger partial charge on any atom is 0.337 e. The second-order valence-corrected chi connectivity index (χ2v) is 6.76. The molecule has 0 saturated carbocycles. The Bertz CT molecular complexity index is 1020. The number of carboxylic acids is 1. The molecule has 0 fully saturated rings. The van der Waals surface area contributed by atoms with Crippen LogP contribution in [0.5, 0.6) is 5.95 Å². The van der Waals surface area contributed by atoms with Gasteiger partial charge in [0.1, 0.15) is 0 Å². The van der Waals surface area contributed by atoms with Crippen molar-refractivity contribution in [3.63, 3.8) is 0 Å². The van der Waals surface area contributed by atoms with Crippen LogP contribution in [0.4, 0.5) is 5.69 Å². The number of oxazole rings is 1. The van der Waals surface area contributed by atoms with Crippen molar-refractivity contribution >= 4 is 57.0 Å². The molecule has 0 unspecified atom stereocenters. The first-order chi connectivity index (χ1) is 12.3. The molecule has 3 rings (SSSR count). The first kappa shape index (κ1) is 18.4. The Labute approximate surface area is 165 Å². The molecule has 0 saturated heterocycles. The van der Waals surface area contributed by atoms with Gasteiger partial charge in [0.15, 0.2) is 5.69 Å². The van der Waals surface area contributed by atoms with E-state index in [0.717, 1.165) is 0 Å². The zero-order valence-corrected chi connectivity index (χ0v) is 15.9. The smallest absolute Gasteiger partial charge is 0.337 e. The molecule has 1 heterocycles. The van der Waals surface area contributed by atoms with Crippen molar-refractivity contribution in [3.8, 4) is 17.4 Å². The van der Waals surface area contributed by atoms with Crippen molar-refractivity contribution in [2.24, 2.45) is 4.99 Å². The normalized spacial score (nSPS) is 11.2. The quantitative estimate of drug-likeness (QED) is 0.501. The van der Waals surface area contributed by atoms with Gasteiger partial charge >= 0.3 is 11.9 Å². The second-order valence-electron chi connectivity index (χ2n) is 5.06. The molecule has 0 spiro atoms. The summed E-state index contributed by atoms with van der Waals surface area (Å²) in [6.45, 7) is 0. The van der Waals surface area contributed by atoms with E-state index in [-0.39, 0.29) is 22.8 Å². The van der Waals surface area contributed by atoms with E-state index in [2.05, 4.69) is 25.9 Å². The second kappa shape index (κ2) is 7.49. The van der Waals surface area contributed by atoms with Crippen LogP contribution in [0.15, 0.2) is 50.3 Å². The summed E-state index contributed by atoms with van der Waals surface area (Å²) >= 11 is 15.0. The lowest BCUT2D eigenvalue weighted by Gasteiger charge is -2.03. The lowest BCUT2D eigenvalue weighted by Crippen LogP contribution is -1.97. The number of aromatic carboxylic acids is 1. The summed E-state index contributed by atoms with van der Waals surface area (Å²) in [5.41, 5.74) is 0.715. The molecule has 0 amide bonds. The van der Waals surface area contributed by atoms with Gasteiger partial charge in [-0.1, -0.05) is 23.2 Å².